The summed E-state index contributed by atoms with van der Waals surface area (Å²) >= 11 is 0. The van der Waals surface area contributed by atoms with Gasteiger partial charge in [-0.2, -0.15) is 0 Å². The molecule has 76 valence electrons. The van der Waals surface area contributed by atoms with Crippen LogP contribution in [0.15, 0.2) is 0 Å². The minimum atomic E-state index is -0.589. The Morgan fingerprint density at radius 1 is 1.54 bits per heavy atom. The normalized spacial score (nSPS) is 34.9. The standard InChI is InChI=1S/C11H20O2/c1-8(2)11(10(12)13)6-4-5-9(3)7-11/h8-9H,4-7H2,1-3H3,(H,12,13). The van der Waals surface area contributed by atoms with Crippen molar-refractivity contribution in [2.24, 2.45) is 17.3 Å². The molecule has 2 nitrogen and oxygen atoms in total. The van der Waals surface area contributed by atoms with Crippen molar-refractivity contribution >= 4 is 5.97 Å². The van der Waals surface area contributed by atoms with Crippen LogP contribution in [0.25, 0.3) is 0 Å². The first-order valence-corrected chi connectivity index (χ1v) is 5.22. The maximum absolute atomic E-state index is 11.3. The lowest BCUT2D eigenvalue weighted by Gasteiger charge is -2.39. The molecule has 0 bridgehead atoms. The Labute approximate surface area is 80.3 Å². The van der Waals surface area contributed by atoms with Gasteiger partial charge < -0.3 is 5.11 Å². The zero-order valence-electron chi connectivity index (χ0n) is 8.84. The molecule has 1 aliphatic carbocycles. The average molecular weight is 184 g/mol. The molecule has 1 rings (SSSR count). The van der Waals surface area contributed by atoms with Crippen molar-refractivity contribution in [1.82, 2.24) is 0 Å². The maximum atomic E-state index is 11.3. The Balaban J connectivity index is 2.83. The summed E-state index contributed by atoms with van der Waals surface area (Å²) in [5.41, 5.74) is -0.433. The van der Waals surface area contributed by atoms with Gasteiger partial charge in [0.1, 0.15) is 0 Å². The van der Waals surface area contributed by atoms with E-state index in [-0.39, 0.29) is 5.92 Å². The molecule has 0 aromatic carbocycles. The molecule has 0 saturated heterocycles. The topological polar surface area (TPSA) is 37.3 Å². The molecule has 0 radical (unpaired) electrons. The third-order valence-corrected chi connectivity index (χ3v) is 3.56. The first-order valence-electron chi connectivity index (χ1n) is 5.22. The van der Waals surface area contributed by atoms with Crippen LogP contribution in [0.2, 0.25) is 0 Å². The summed E-state index contributed by atoms with van der Waals surface area (Å²) in [5.74, 6) is 0.244. The number of carboxylic acids is 1. The zero-order valence-corrected chi connectivity index (χ0v) is 8.84. The summed E-state index contributed by atoms with van der Waals surface area (Å²) in [6.45, 7) is 6.23. The Morgan fingerprint density at radius 3 is 2.46 bits per heavy atom. The summed E-state index contributed by atoms with van der Waals surface area (Å²) in [6, 6.07) is 0. The smallest absolute Gasteiger partial charge is 0.309 e. The number of carbonyl (C=O) groups is 1. The summed E-state index contributed by atoms with van der Waals surface area (Å²) in [6.07, 6.45) is 4.00. The lowest BCUT2D eigenvalue weighted by Crippen LogP contribution is -2.40. The van der Waals surface area contributed by atoms with E-state index >= 15 is 0 Å². The number of hydrogen-bond acceptors (Lipinski definition) is 1. The second kappa shape index (κ2) is 3.69. The van der Waals surface area contributed by atoms with E-state index in [2.05, 4.69) is 6.92 Å². The molecule has 0 aliphatic heterocycles. The Kier molecular flexibility index (Phi) is 2.99. The van der Waals surface area contributed by atoms with Crippen molar-refractivity contribution in [1.29, 1.82) is 0 Å². The van der Waals surface area contributed by atoms with Gasteiger partial charge in [-0.05, 0) is 24.7 Å². The van der Waals surface area contributed by atoms with E-state index < -0.39 is 11.4 Å². The number of hydrogen-bond donors (Lipinski definition) is 1. The van der Waals surface area contributed by atoms with Crippen LogP contribution in [0.1, 0.15) is 46.5 Å². The molecule has 1 fully saturated rings. The largest absolute Gasteiger partial charge is 0.481 e. The highest BCUT2D eigenvalue weighted by Gasteiger charge is 2.44. The molecule has 1 N–H and O–H groups in total. The maximum Gasteiger partial charge on any atom is 0.309 e. The highest BCUT2D eigenvalue weighted by molar-refractivity contribution is 5.75. The van der Waals surface area contributed by atoms with Gasteiger partial charge in [0.05, 0.1) is 5.41 Å². The molecule has 1 aliphatic rings. The van der Waals surface area contributed by atoms with Gasteiger partial charge in [-0.25, -0.2) is 0 Å². The predicted octanol–water partition coefficient (Wildman–Crippen LogP) is 2.92. The molecule has 0 heterocycles. The molecule has 2 unspecified atom stereocenters. The van der Waals surface area contributed by atoms with Crippen molar-refractivity contribution in [3.63, 3.8) is 0 Å². The summed E-state index contributed by atoms with van der Waals surface area (Å²) < 4.78 is 0. The fourth-order valence-corrected chi connectivity index (χ4v) is 2.56. The van der Waals surface area contributed by atoms with Crippen LogP contribution in [0.3, 0.4) is 0 Å². The van der Waals surface area contributed by atoms with Crippen LogP contribution < -0.4 is 0 Å². The summed E-state index contributed by atoms with van der Waals surface area (Å²) in [4.78, 5) is 11.3. The van der Waals surface area contributed by atoms with Crippen LogP contribution >= 0.6 is 0 Å². The Hall–Kier alpha value is -0.530. The van der Waals surface area contributed by atoms with Gasteiger partial charge in [-0.15, -0.1) is 0 Å². The second-order valence-corrected chi connectivity index (χ2v) is 4.82. The van der Waals surface area contributed by atoms with Gasteiger partial charge in [0, 0.05) is 0 Å². The van der Waals surface area contributed by atoms with Gasteiger partial charge >= 0.3 is 5.97 Å². The van der Waals surface area contributed by atoms with Crippen LogP contribution in [0, 0.1) is 17.3 Å². The van der Waals surface area contributed by atoms with E-state index in [0.717, 1.165) is 19.3 Å². The van der Waals surface area contributed by atoms with Crippen LogP contribution in [0.4, 0.5) is 0 Å². The fraction of sp³-hybridized carbons (Fsp3) is 0.909. The molecule has 0 aromatic heterocycles. The Bertz CT molecular complexity index is 198. The van der Waals surface area contributed by atoms with Gasteiger partial charge in [0.2, 0.25) is 0 Å². The fourth-order valence-electron chi connectivity index (χ4n) is 2.56. The predicted molar refractivity (Wildman–Crippen MR) is 52.5 cm³/mol. The van der Waals surface area contributed by atoms with E-state index in [1.165, 1.54) is 6.42 Å². The molecule has 2 atom stereocenters. The molecular formula is C11H20O2. The third kappa shape index (κ3) is 1.87. The van der Waals surface area contributed by atoms with Crippen LogP contribution in [-0.2, 0) is 4.79 Å². The molecule has 1 saturated carbocycles. The first kappa shape index (κ1) is 10.6. The monoisotopic (exact) mass is 184 g/mol. The van der Waals surface area contributed by atoms with Crippen molar-refractivity contribution in [3.8, 4) is 0 Å². The van der Waals surface area contributed by atoms with Crippen molar-refractivity contribution in [2.75, 3.05) is 0 Å². The number of carboxylic acid groups (broad SMARTS) is 1. The van der Waals surface area contributed by atoms with E-state index in [4.69, 9.17) is 0 Å². The van der Waals surface area contributed by atoms with E-state index in [0.29, 0.717) is 5.92 Å². The van der Waals surface area contributed by atoms with Gasteiger partial charge in [0.15, 0.2) is 0 Å². The van der Waals surface area contributed by atoms with E-state index in [1.807, 2.05) is 13.8 Å². The van der Waals surface area contributed by atoms with Gasteiger partial charge in [-0.1, -0.05) is 33.6 Å². The minimum Gasteiger partial charge on any atom is -0.481 e. The van der Waals surface area contributed by atoms with Crippen molar-refractivity contribution < 1.29 is 9.90 Å². The molecule has 2 heteroatoms. The molecular weight excluding hydrogens is 164 g/mol. The highest BCUT2D eigenvalue weighted by atomic mass is 16.4. The quantitative estimate of drug-likeness (QED) is 0.716. The molecule has 0 spiro atoms. The average Bonchev–Trinajstić information content (AvgIpc) is 2.03. The number of aliphatic carboxylic acids is 1. The summed E-state index contributed by atoms with van der Waals surface area (Å²) in [7, 11) is 0. The lowest BCUT2D eigenvalue weighted by atomic mass is 9.64. The van der Waals surface area contributed by atoms with E-state index in [1.54, 1.807) is 0 Å². The molecule has 0 aromatic rings. The SMILES string of the molecule is CC1CCCC(C(=O)O)(C(C)C)C1. The van der Waals surface area contributed by atoms with Crippen molar-refractivity contribution in [2.45, 2.75) is 46.5 Å². The summed E-state index contributed by atoms with van der Waals surface area (Å²) in [5, 5.41) is 9.28. The van der Waals surface area contributed by atoms with E-state index in [9.17, 15) is 9.90 Å². The highest BCUT2D eigenvalue weighted by Crippen LogP contribution is 2.44. The molecule has 0 amide bonds. The minimum absolute atomic E-state index is 0.257. The van der Waals surface area contributed by atoms with Gasteiger partial charge in [-0.3, -0.25) is 4.79 Å². The van der Waals surface area contributed by atoms with Crippen LogP contribution in [-0.4, -0.2) is 11.1 Å². The Morgan fingerprint density at radius 2 is 2.15 bits per heavy atom. The molecule has 13 heavy (non-hydrogen) atoms. The van der Waals surface area contributed by atoms with Gasteiger partial charge in [0.25, 0.3) is 0 Å². The second-order valence-electron chi connectivity index (χ2n) is 4.82. The zero-order chi connectivity index (χ0) is 10.1. The first-order chi connectivity index (χ1) is 5.99. The number of rotatable bonds is 2. The lowest BCUT2D eigenvalue weighted by molar-refractivity contribution is -0.155. The van der Waals surface area contributed by atoms with Crippen LogP contribution in [0.5, 0.6) is 0 Å². The van der Waals surface area contributed by atoms with Crippen molar-refractivity contribution in [3.05, 3.63) is 0 Å². The third-order valence-electron chi connectivity index (χ3n) is 3.56.